The highest BCUT2D eigenvalue weighted by atomic mass is 31.2. The van der Waals surface area contributed by atoms with Gasteiger partial charge in [-0.2, -0.15) is 15.4 Å². The number of rotatable bonds is 41. The zero-order valence-electron chi connectivity index (χ0n) is 62.8. The number of benzene rings is 3. The molecule has 0 amide bonds. The number of fused-ring (bicyclic) bond motifs is 2. The fraction of sp³-hybridized carbons (Fsp3) is 0.463. The van der Waals surface area contributed by atoms with Crippen LogP contribution in [0.4, 0.5) is 17.6 Å². The number of anilines is 3. The summed E-state index contributed by atoms with van der Waals surface area (Å²) in [6.07, 6.45) is -14.2. The second-order valence-electron chi connectivity index (χ2n) is 27.6. The Labute approximate surface area is 672 Å². The molecule has 644 valence electrons. The van der Waals surface area contributed by atoms with E-state index in [-0.39, 0.29) is 58.5 Å². The minimum atomic E-state index is -5.58. The van der Waals surface area contributed by atoms with Crippen LogP contribution in [-0.4, -0.2) is 201 Å². The summed E-state index contributed by atoms with van der Waals surface area (Å²) in [5.41, 5.74) is 19.4. The Morgan fingerprint density at radius 3 is 1.45 bits per heavy atom. The third-order valence-electron chi connectivity index (χ3n) is 19.4. The molecule has 0 aliphatic carbocycles. The number of hydrogen-bond acceptors (Lipinski definition) is 36. The van der Waals surface area contributed by atoms with E-state index in [1.54, 1.807) is 0 Å². The van der Waals surface area contributed by atoms with Gasteiger partial charge >= 0.3 is 50.5 Å². The van der Waals surface area contributed by atoms with Crippen molar-refractivity contribution in [2.75, 3.05) is 70.1 Å². The second-order valence-corrected chi connectivity index (χ2v) is 34.7. The SMILES string of the molecule is Cc1cn([C@H]2C[C@H](OP(=O)(O)OCC(O)CO)[C@@H](COP(=O)(O)O[C@H]3C[C@H](n4cnc5c(=O)[nH]c(N)nc54)O[C@@H]3COP(=O)(O)O[C@H]3C[C@H](n4ccc(N)nc4=O)O[C@@H]3COP(=O)(O)O[C@H]3C[C@H](n4cnc5c(N)ncnc54)O[C@@H]3COP(=O)(O)OCCCCCCONC(c3ccccc3)(c3ccccc3)c3ccccc3)O2)c(=O)[nH]c1=O. The van der Waals surface area contributed by atoms with Crippen molar-refractivity contribution < 1.29 is 127 Å². The fourth-order valence-electron chi connectivity index (χ4n) is 13.7. The number of nitrogens with zero attached hydrogens (tertiary/aromatic N) is 10. The highest BCUT2D eigenvalue weighted by molar-refractivity contribution is 7.48. The summed E-state index contributed by atoms with van der Waals surface area (Å²) in [4.78, 5) is 143. The van der Waals surface area contributed by atoms with Crippen LogP contribution < -0.4 is 45.2 Å². The number of unbranched alkanes of at least 4 members (excludes halogenated alkanes) is 3. The Kier molecular flexibility index (Phi) is 28.3. The van der Waals surface area contributed by atoms with Gasteiger partial charge in [-0.1, -0.05) is 104 Å². The zero-order chi connectivity index (χ0) is 84.6. The van der Waals surface area contributed by atoms with E-state index < -0.39 is 206 Å². The Morgan fingerprint density at radius 1 is 0.521 bits per heavy atom. The van der Waals surface area contributed by atoms with Crippen molar-refractivity contribution in [1.82, 2.24) is 63.6 Å². The highest BCUT2D eigenvalue weighted by Crippen LogP contribution is 2.56. The first-order valence-corrected chi connectivity index (χ1v) is 44.2. The van der Waals surface area contributed by atoms with E-state index in [9.17, 15) is 76.7 Å². The Morgan fingerprint density at radius 2 is 0.966 bits per heavy atom. The molecule has 10 heterocycles. The third-order valence-corrected chi connectivity index (χ3v) is 24.4. The summed E-state index contributed by atoms with van der Waals surface area (Å²) in [7, 11) is -26.7. The molecule has 119 heavy (non-hydrogen) atoms. The maximum atomic E-state index is 14.4. The predicted octanol–water partition coefficient (Wildman–Crippen LogP) is 3.54. The van der Waals surface area contributed by atoms with Gasteiger partial charge in [0.2, 0.25) is 5.95 Å². The van der Waals surface area contributed by atoms with Gasteiger partial charge in [0.05, 0.1) is 65.5 Å². The van der Waals surface area contributed by atoms with Crippen molar-refractivity contribution in [3.63, 3.8) is 0 Å². The molecule has 3 aromatic carbocycles. The van der Waals surface area contributed by atoms with Crippen LogP contribution in [0.1, 0.15) is 98.5 Å². The number of hydroxylamine groups is 1. The third kappa shape index (κ3) is 22.0. The largest absolute Gasteiger partial charge is 0.472 e. The van der Waals surface area contributed by atoms with E-state index in [1.807, 2.05) is 91.0 Å². The van der Waals surface area contributed by atoms with Crippen LogP contribution >= 0.6 is 39.1 Å². The number of nitrogens with two attached hydrogens (primary N) is 3. The summed E-state index contributed by atoms with van der Waals surface area (Å²) < 4.78 is 153. The second kappa shape index (κ2) is 38.0. The summed E-state index contributed by atoms with van der Waals surface area (Å²) in [5, 5.41) is 19.0. The van der Waals surface area contributed by atoms with Crippen LogP contribution in [0.15, 0.2) is 148 Å². The summed E-state index contributed by atoms with van der Waals surface area (Å²) in [6, 6.07) is 30.9. The van der Waals surface area contributed by atoms with Crippen LogP contribution in [0, 0.1) is 6.92 Å². The lowest BCUT2D eigenvalue weighted by Gasteiger charge is -2.36. The average Bonchev–Trinajstić information content (AvgIpc) is 1.73. The monoisotopic (exact) mass is 1760 g/mol. The van der Waals surface area contributed by atoms with Crippen molar-refractivity contribution in [1.29, 1.82) is 0 Å². The summed E-state index contributed by atoms with van der Waals surface area (Å²) in [5.74, 6) is -0.589. The molecular weight excluding hydrogens is 1680 g/mol. The van der Waals surface area contributed by atoms with E-state index >= 15 is 0 Å². The van der Waals surface area contributed by atoms with Crippen LogP contribution in [0.3, 0.4) is 0 Å². The molecule has 0 bridgehead atoms. The van der Waals surface area contributed by atoms with E-state index in [2.05, 4.69) is 45.4 Å². The number of aryl methyl sites for hydroxylation is 1. The number of phosphoric acid groups is 5. The topological polar surface area (TPSA) is 652 Å². The molecule has 16 N–H and O–H groups in total. The number of nitrogen functional groups attached to an aromatic ring is 3. The predicted molar refractivity (Wildman–Crippen MR) is 410 cm³/mol. The molecular formula is C67H85N16O31P5. The van der Waals surface area contributed by atoms with Gasteiger partial charge in [-0.25, -0.2) is 52.4 Å². The first kappa shape index (κ1) is 88.5. The molecule has 4 aliphatic rings. The van der Waals surface area contributed by atoms with Gasteiger partial charge < -0.3 is 75.7 Å². The number of H-pyrrole nitrogens is 2. The lowest BCUT2D eigenvalue weighted by atomic mass is 9.78. The lowest BCUT2D eigenvalue weighted by molar-refractivity contribution is -0.0632. The van der Waals surface area contributed by atoms with Crippen LogP contribution in [0.5, 0.6) is 0 Å². The van der Waals surface area contributed by atoms with Crippen LogP contribution in [0.2, 0.25) is 0 Å². The number of nitrogens with one attached hydrogen (secondary N) is 3. The van der Waals surface area contributed by atoms with Crippen molar-refractivity contribution in [2.45, 2.75) is 144 Å². The molecule has 4 fully saturated rings. The number of hydrogen-bond donors (Lipinski definition) is 13. The number of aromatic amines is 2. The smallest absolute Gasteiger partial charge is 0.394 e. The molecule has 4 saturated heterocycles. The van der Waals surface area contributed by atoms with Crippen molar-refractivity contribution >= 4 is 79.0 Å². The van der Waals surface area contributed by atoms with Crippen molar-refractivity contribution in [3.05, 3.63) is 192 Å². The highest BCUT2D eigenvalue weighted by Gasteiger charge is 2.50. The number of aliphatic hydroxyl groups excluding tert-OH is 2. The van der Waals surface area contributed by atoms with Gasteiger partial charge in [-0.15, -0.1) is 0 Å². The molecule has 52 heteroatoms. The number of phosphoric ester groups is 5. The molecule has 0 spiro atoms. The van der Waals surface area contributed by atoms with Crippen molar-refractivity contribution in [2.24, 2.45) is 0 Å². The summed E-state index contributed by atoms with van der Waals surface area (Å²) in [6.45, 7) is -4.35. The number of ether oxygens (including phenoxy) is 4. The maximum Gasteiger partial charge on any atom is 0.472 e. The van der Waals surface area contributed by atoms with Gasteiger partial charge in [-0.05, 0) is 42.5 Å². The maximum absolute atomic E-state index is 14.4. The van der Waals surface area contributed by atoms with Crippen LogP contribution in [0.25, 0.3) is 22.3 Å². The molecule has 47 nitrogen and oxygen atoms in total. The van der Waals surface area contributed by atoms with Gasteiger partial charge in [0.25, 0.3) is 11.1 Å². The molecule has 4 aliphatic heterocycles. The quantitative estimate of drug-likeness (QED) is 0.0113. The number of aliphatic hydroxyl groups is 2. The molecule has 9 aromatic rings. The number of aromatic nitrogens is 12. The van der Waals surface area contributed by atoms with Gasteiger partial charge in [0.1, 0.15) is 103 Å². The van der Waals surface area contributed by atoms with E-state index in [4.69, 9.17) is 86.2 Å². The zero-order valence-corrected chi connectivity index (χ0v) is 67.3. The molecule has 0 saturated carbocycles. The Hall–Kier alpha value is -8.25. The van der Waals surface area contributed by atoms with Crippen molar-refractivity contribution in [3.8, 4) is 0 Å². The molecule has 18 atom stereocenters. The minimum Gasteiger partial charge on any atom is -0.394 e. The summed E-state index contributed by atoms with van der Waals surface area (Å²) >= 11 is 0. The lowest BCUT2D eigenvalue weighted by Crippen LogP contribution is -2.44. The minimum absolute atomic E-state index is 0.00405. The number of imidazole rings is 2. The van der Waals surface area contributed by atoms with Gasteiger partial charge in [-0.3, -0.25) is 83.1 Å². The van der Waals surface area contributed by atoms with Crippen LogP contribution in [-0.2, 0) is 97.4 Å². The molecule has 6 unspecified atom stereocenters. The molecule has 6 aromatic heterocycles. The molecule has 13 rings (SSSR count). The van der Waals surface area contributed by atoms with E-state index in [1.165, 1.54) is 23.9 Å². The first-order valence-electron chi connectivity index (χ1n) is 36.8. The Balaban J connectivity index is 0.661. The fourth-order valence-corrected chi connectivity index (χ4v) is 18.3. The standard InChI is InChI=1S/C67H85N16O31P5/c1-39-29-81(66(89)78-62(39)86)54-26-45(111-116(92,93)102-31-43(85)30-84)50(108-54)34-105-119(98,99)114-47-28-56(83-38-74-58-61(83)76-64(70)77-63(58)87)110-51(47)35-106-117(94,95)112-44-25-53(80-22-21-52(68)75-65(80)88)107-49(44)33-104-118(96,97)113-46-27-55(82-37-73-57-59(69)71-36-72-60(57)82)109-48(46)32-103-115(90,91)101-24-14-3-2-13-23-100-79-67(40-15-7-4-8-16-40,41-17-9-5-10-18-41)42-19-11-6-12-20-42/h4-12,15-22,29,36-38,43-51,53-56,79,84-85H,2-3,13-14,23-28,30-35H2,1H3,(H,90,91)(H,92,93)(H,94,95)(H,96,97)(H,98,99)(H2,68,75,88)(H2,69,71,72)(H,78,86,89)(H3,70,76,77,87)/t43?,44-,45-,46-,47-,48+,49+,50+,51+,53+,54+,55+,56+/m0/s1. The average molecular weight is 1770 g/mol. The van der Waals surface area contributed by atoms with E-state index in [0.717, 1.165) is 55.4 Å². The Bertz CT molecular complexity index is 5410. The van der Waals surface area contributed by atoms with Gasteiger partial charge in [0, 0.05) is 43.6 Å². The normalized spacial score (nSPS) is 25.0. The van der Waals surface area contributed by atoms with Gasteiger partial charge in [0.15, 0.2) is 22.6 Å². The van der Waals surface area contributed by atoms with E-state index in [0.29, 0.717) is 32.3 Å². The first-order chi connectivity index (χ1) is 56.7. The molecule has 0 radical (unpaired) electrons.